The topological polar surface area (TPSA) is 46.9 Å². The summed E-state index contributed by atoms with van der Waals surface area (Å²) in [5.41, 5.74) is 2.35. The SMILES string of the molecule is O=C(NCCc1ccc(F)cc1)c1cnn(-c2ccc(Br)cc2)c1. The predicted octanol–water partition coefficient (Wildman–Crippen LogP) is 3.75. The molecule has 1 aromatic heterocycles. The minimum absolute atomic E-state index is 0.180. The molecule has 0 radical (unpaired) electrons. The molecule has 0 atom stereocenters. The summed E-state index contributed by atoms with van der Waals surface area (Å²) < 4.78 is 15.5. The second-order valence-corrected chi connectivity index (χ2v) is 6.20. The van der Waals surface area contributed by atoms with Gasteiger partial charge in [-0.05, 0) is 48.4 Å². The van der Waals surface area contributed by atoms with Crippen molar-refractivity contribution < 1.29 is 9.18 Å². The van der Waals surface area contributed by atoms with E-state index in [1.165, 1.54) is 18.3 Å². The molecule has 3 aromatic rings. The first-order valence-corrected chi connectivity index (χ1v) is 8.24. The number of nitrogens with zero attached hydrogens (tertiary/aromatic N) is 2. The Labute approximate surface area is 147 Å². The molecule has 0 aliphatic carbocycles. The maximum absolute atomic E-state index is 12.8. The van der Waals surface area contributed by atoms with Crippen LogP contribution in [0.15, 0.2) is 65.4 Å². The quantitative estimate of drug-likeness (QED) is 0.724. The number of carbonyl (C=O) groups is 1. The highest BCUT2D eigenvalue weighted by atomic mass is 79.9. The van der Waals surface area contributed by atoms with Gasteiger partial charge in [-0.3, -0.25) is 4.79 Å². The van der Waals surface area contributed by atoms with Crippen molar-refractivity contribution >= 4 is 21.8 Å². The summed E-state index contributed by atoms with van der Waals surface area (Å²) in [4.78, 5) is 12.2. The second-order valence-electron chi connectivity index (χ2n) is 5.28. The van der Waals surface area contributed by atoms with Crippen molar-refractivity contribution in [1.29, 1.82) is 0 Å². The number of carbonyl (C=O) groups excluding carboxylic acids is 1. The summed E-state index contributed by atoms with van der Waals surface area (Å²) >= 11 is 3.38. The molecule has 4 nitrogen and oxygen atoms in total. The van der Waals surface area contributed by atoms with E-state index >= 15 is 0 Å². The normalized spacial score (nSPS) is 10.6. The number of rotatable bonds is 5. The number of amides is 1. The molecule has 0 aliphatic heterocycles. The molecular formula is C18H15BrFN3O. The van der Waals surface area contributed by atoms with Gasteiger partial charge >= 0.3 is 0 Å². The standard InChI is InChI=1S/C18H15BrFN3O/c19-15-3-7-17(8-4-15)23-12-14(11-22-23)18(24)21-10-9-13-1-5-16(20)6-2-13/h1-8,11-12H,9-10H2,(H,21,24). The van der Waals surface area contributed by atoms with E-state index in [1.54, 1.807) is 23.0 Å². The van der Waals surface area contributed by atoms with Crippen LogP contribution in [0.4, 0.5) is 4.39 Å². The lowest BCUT2D eigenvalue weighted by molar-refractivity contribution is 0.0954. The Morgan fingerprint density at radius 2 is 1.83 bits per heavy atom. The number of benzene rings is 2. The second kappa shape index (κ2) is 7.40. The summed E-state index contributed by atoms with van der Waals surface area (Å²) in [7, 11) is 0. The minimum Gasteiger partial charge on any atom is -0.352 e. The summed E-state index contributed by atoms with van der Waals surface area (Å²) in [6.45, 7) is 0.480. The van der Waals surface area contributed by atoms with Gasteiger partial charge in [-0.15, -0.1) is 0 Å². The lowest BCUT2D eigenvalue weighted by Gasteiger charge is -2.04. The third-order valence-corrected chi connectivity index (χ3v) is 4.08. The molecular weight excluding hydrogens is 373 g/mol. The van der Waals surface area contributed by atoms with E-state index in [0.29, 0.717) is 18.5 Å². The van der Waals surface area contributed by atoms with E-state index in [4.69, 9.17) is 0 Å². The number of hydrogen-bond donors (Lipinski definition) is 1. The molecule has 2 aromatic carbocycles. The first-order valence-electron chi connectivity index (χ1n) is 7.45. The molecule has 1 heterocycles. The van der Waals surface area contributed by atoms with E-state index in [2.05, 4.69) is 26.3 Å². The Morgan fingerprint density at radius 3 is 2.54 bits per heavy atom. The lowest BCUT2D eigenvalue weighted by Crippen LogP contribution is -2.25. The van der Waals surface area contributed by atoms with Crippen molar-refractivity contribution in [2.75, 3.05) is 6.54 Å². The van der Waals surface area contributed by atoms with Gasteiger partial charge in [0.05, 0.1) is 17.4 Å². The smallest absolute Gasteiger partial charge is 0.254 e. The van der Waals surface area contributed by atoms with Crippen LogP contribution in [0.25, 0.3) is 5.69 Å². The predicted molar refractivity (Wildman–Crippen MR) is 93.7 cm³/mol. The maximum atomic E-state index is 12.8. The fraction of sp³-hybridized carbons (Fsp3) is 0.111. The van der Waals surface area contributed by atoms with Crippen LogP contribution in [-0.2, 0) is 6.42 Å². The van der Waals surface area contributed by atoms with Gasteiger partial charge in [-0.2, -0.15) is 5.10 Å². The van der Waals surface area contributed by atoms with Crippen molar-refractivity contribution in [2.45, 2.75) is 6.42 Å². The van der Waals surface area contributed by atoms with Crippen molar-refractivity contribution in [3.05, 3.63) is 82.3 Å². The zero-order valence-corrected chi connectivity index (χ0v) is 14.3. The van der Waals surface area contributed by atoms with E-state index in [-0.39, 0.29) is 11.7 Å². The number of aromatic nitrogens is 2. The summed E-state index contributed by atoms with van der Waals surface area (Å²) in [6, 6.07) is 13.9. The summed E-state index contributed by atoms with van der Waals surface area (Å²) in [6.07, 6.45) is 3.87. The molecule has 0 saturated carbocycles. The minimum atomic E-state index is -0.261. The van der Waals surface area contributed by atoms with Gasteiger partial charge in [0.2, 0.25) is 0 Å². The zero-order chi connectivity index (χ0) is 16.9. The van der Waals surface area contributed by atoms with Gasteiger partial charge in [-0.25, -0.2) is 9.07 Å². The molecule has 1 amide bonds. The van der Waals surface area contributed by atoms with Gasteiger partial charge in [0, 0.05) is 17.2 Å². The van der Waals surface area contributed by atoms with E-state index in [0.717, 1.165) is 15.7 Å². The first kappa shape index (κ1) is 16.4. The molecule has 122 valence electrons. The Kier molecular flexibility index (Phi) is 5.05. The van der Waals surface area contributed by atoms with Crippen LogP contribution in [0, 0.1) is 5.82 Å². The fourth-order valence-electron chi connectivity index (χ4n) is 2.25. The monoisotopic (exact) mass is 387 g/mol. The largest absolute Gasteiger partial charge is 0.352 e. The van der Waals surface area contributed by atoms with Gasteiger partial charge in [0.15, 0.2) is 0 Å². The number of halogens is 2. The fourth-order valence-corrected chi connectivity index (χ4v) is 2.51. The van der Waals surface area contributed by atoms with E-state index in [1.807, 2.05) is 24.3 Å². The average molecular weight is 388 g/mol. The molecule has 0 bridgehead atoms. The van der Waals surface area contributed by atoms with Crippen LogP contribution in [0.3, 0.4) is 0 Å². The van der Waals surface area contributed by atoms with Crippen LogP contribution in [-0.4, -0.2) is 22.2 Å². The van der Waals surface area contributed by atoms with Crippen LogP contribution in [0.2, 0.25) is 0 Å². The first-order chi connectivity index (χ1) is 11.6. The molecule has 6 heteroatoms. The van der Waals surface area contributed by atoms with Gasteiger partial charge in [0.1, 0.15) is 5.82 Å². The highest BCUT2D eigenvalue weighted by Crippen LogP contribution is 2.14. The molecule has 24 heavy (non-hydrogen) atoms. The van der Waals surface area contributed by atoms with Crippen molar-refractivity contribution in [2.24, 2.45) is 0 Å². The molecule has 0 unspecified atom stereocenters. The molecule has 0 fully saturated rings. The van der Waals surface area contributed by atoms with Crippen LogP contribution in [0.5, 0.6) is 0 Å². The average Bonchev–Trinajstić information content (AvgIpc) is 3.07. The van der Waals surface area contributed by atoms with Gasteiger partial charge in [0.25, 0.3) is 5.91 Å². The van der Waals surface area contributed by atoms with E-state index in [9.17, 15) is 9.18 Å². The van der Waals surface area contributed by atoms with Crippen LogP contribution in [0.1, 0.15) is 15.9 Å². The highest BCUT2D eigenvalue weighted by Gasteiger charge is 2.09. The molecule has 0 saturated heterocycles. The maximum Gasteiger partial charge on any atom is 0.254 e. The molecule has 0 aliphatic rings. The zero-order valence-electron chi connectivity index (χ0n) is 12.7. The van der Waals surface area contributed by atoms with Crippen molar-refractivity contribution in [3.8, 4) is 5.69 Å². The Hall–Kier alpha value is -2.47. The molecule has 3 rings (SSSR count). The van der Waals surface area contributed by atoms with Gasteiger partial charge < -0.3 is 5.32 Å². The number of hydrogen-bond acceptors (Lipinski definition) is 2. The van der Waals surface area contributed by atoms with Crippen molar-refractivity contribution in [1.82, 2.24) is 15.1 Å². The number of nitrogens with one attached hydrogen (secondary N) is 1. The molecule has 1 N–H and O–H groups in total. The Morgan fingerprint density at radius 1 is 1.12 bits per heavy atom. The Balaban J connectivity index is 1.57. The third-order valence-electron chi connectivity index (χ3n) is 3.55. The Bertz CT molecular complexity index is 828. The van der Waals surface area contributed by atoms with Crippen LogP contribution < -0.4 is 5.32 Å². The highest BCUT2D eigenvalue weighted by molar-refractivity contribution is 9.10. The van der Waals surface area contributed by atoms with Gasteiger partial charge in [-0.1, -0.05) is 28.1 Å². The molecule has 0 spiro atoms. The van der Waals surface area contributed by atoms with E-state index < -0.39 is 0 Å². The van der Waals surface area contributed by atoms with Crippen LogP contribution >= 0.6 is 15.9 Å². The van der Waals surface area contributed by atoms with Crippen molar-refractivity contribution in [3.63, 3.8) is 0 Å². The third kappa shape index (κ3) is 4.08. The summed E-state index contributed by atoms with van der Waals surface area (Å²) in [5, 5.41) is 7.05. The summed E-state index contributed by atoms with van der Waals surface area (Å²) in [5.74, 6) is -0.441. The lowest BCUT2D eigenvalue weighted by atomic mass is 10.1.